The fraction of sp³-hybridized carbons (Fsp3) is 0.450. The highest BCUT2D eigenvalue weighted by Crippen LogP contribution is 2.25. The molecule has 0 radical (unpaired) electrons. The monoisotopic (exact) mass is 371 g/mol. The highest BCUT2D eigenvalue weighted by molar-refractivity contribution is 5.98. The largest absolute Gasteiger partial charge is 0.383 e. The van der Waals surface area contributed by atoms with Gasteiger partial charge in [0.2, 0.25) is 5.95 Å². The lowest BCUT2D eigenvalue weighted by Crippen LogP contribution is -2.39. The van der Waals surface area contributed by atoms with Crippen LogP contribution in [0.2, 0.25) is 0 Å². The van der Waals surface area contributed by atoms with Crippen molar-refractivity contribution in [1.82, 2.24) is 15.3 Å². The number of nitrogens with zero attached hydrogens (tertiary/aromatic N) is 3. The average Bonchev–Trinajstić information content (AvgIpc) is 2.62. The molecule has 0 saturated heterocycles. The number of amides is 2. The van der Waals surface area contributed by atoms with Crippen LogP contribution in [0.25, 0.3) is 0 Å². The van der Waals surface area contributed by atoms with Crippen LogP contribution in [0.3, 0.4) is 0 Å². The third-order valence-corrected chi connectivity index (χ3v) is 3.82. The molecule has 0 aliphatic rings. The fourth-order valence-electron chi connectivity index (χ4n) is 2.47. The van der Waals surface area contributed by atoms with Crippen molar-refractivity contribution in [3.63, 3.8) is 0 Å². The maximum absolute atomic E-state index is 12.9. The van der Waals surface area contributed by atoms with Gasteiger partial charge in [0.05, 0.1) is 12.3 Å². The van der Waals surface area contributed by atoms with Gasteiger partial charge < -0.3 is 15.4 Å². The number of aromatic nitrogens is 2. The minimum Gasteiger partial charge on any atom is -0.383 e. The Labute approximate surface area is 161 Å². The second-order valence-corrected chi connectivity index (χ2v) is 6.99. The number of carbonyl (C=O) groups is 1. The molecule has 0 unspecified atom stereocenters. The smallest absolute Gasteiger partial charge is 0.327 e. The van der Waals surface area contributed by atoms with Crippen molar-refractivity contribution in [3.8, 4) is 0 Å². The molecule has 0 fully saturated rings. The van der Waals surface area contributed by atoms with Crippen LogP contribution in [0.5, 0.6) is 0 Å². The van der Waals surface area contributed by atoms with E-state index in [2.05, 4.69) is 34.4 Å². The summed E-state index contributed by atoms with van der Waals surface area (Å²) in [7, 11) is 1.65. The van der Waals surface area contributed by atoms with Crippen LogP contribution in [0, 0.1) is 12.8 Å². The highest BCUT2D eigenvalue weighted by atomic mass is 16.5. The summed E-state index contributed by atoms with van der Waals surface area (Å²) in [6, 6.07) is 9.31. The Kier molecular flexibility index (Phi) is 7.55. The molecule has 1 heterocycles. The Hall–Kier alpha value is -2.67. The van der Waals surface area contributed by atoms with E-state index in [1.165, 1.54) is 0 Å². The van der Waals surface area contributed by atoms with E-state index in [-0.39, 0.29) is 12.1 Å². The fourth-order valence-corrected chi connectivity index (χ4v) is 2.47. The number of anilines is 3. The normalized spacial score (nSPS) is 11.9. The first-order valence-corrected chi connectivity index (χ1v) is 9.14. The molecular formula is C20H29N5O2. The van der Waals surface area contributed by atoms with Gasteiger partial charge in [-0.1, -0.05) is 31.5 Å². The van der Waals surface area contributed by atoms with Gasteiger partial charge in [-0.15, -0.1) is 0 Å². The molecule has 2 aromatic rings. The molecule has 1 aromatic heterocycles. The number of nitrogens with one attached hydrogen (secondary N) is 2. The lowest BCUT2D eigenvalue weighted by molar-refractivity contribution is 0.190. The van der Waals surface area contributed by atoms with Crippen molar-refractivity contribution < 1.29 is 9.53 Å². The van der Waals surface area contributed by atoms with E-state index >= 15 is 0 Å². The maximum Gasteiger partial charge on any atom is 0.327 e. The number of hydrogen-bond donors (Lipinski definition) is 2. The standard InChI is InChI=1S/C20H29N5O2/c1-14(2)12-22-20(26)25(17-8-6-15(3)7-9-17)18-10-11-21-19(24-18)23-16(4)13-27-5/h6-11,14,16H,12-13H2,1-5H3,(H,22,26)(H,21,23,24)/t16-/m0/s1. The Bertz CT molecular complexity index is 733. The molecule has 0 spiro atoms. The molecule has 1 aromatic carbocycles. The molecule has 7 nitrogen and oxygen atoms in total. The zero-order valence-corrected chi connectivity index (χ0v) is 16.7. The predicted octanol–water partition coefficient (Wildman–Crippen LogP) is 3.74. The number of urea groups is 1. The van der Waals surface area contributed by atoms with E-state index in [9.17, 15) is 4.79 Å². The lowest BCUT2D eigenvalue weighted by atomic mass is 10.2. The molecule has 1 atom stereocenters. The molecule has 0 aliphatic heterocycles. The molecule has 27 heavy (non-hydrogen) atoms. The van der Waals surface area contributed by atoms with Crippen LogP contribution in [0.15, 0.2) is 36.5 Å². The van der Waals surface area contributed by atoms with Gasteiger partial charge >= 0.3 is 6.03 Å². The second kappa shape index (κ2) is 9.87. The lowest BCUT2D eigenvalue weighted by Gasteiger charge is -2.23. The van der Waals surface area contributed by atoms with Gasteiger partial charge in [-0.05, 0) is 31.9 Å². The van der Waals surface area contributed by atoms with Crippen LogP contribution in [0.1, 0.15) is 26.3 Å². The molecule has 7 heteroatoms. The number of carbonyl (C=O) groups excluding carboxylic acids is 1. The van der Waals surface area contributed by atoms with Gasteiger partial charge in [-0.2, -0.15) is 4.98 Å². The third kappa shape index (κ3) is 6.21. The summed E-state index contributed by atoms with van der Waals surface area (Å²) in [5.74, 6) is 1.30. The van der Waals surface area contributed by atoms with E-state index in [4.69, 9.17) is 4.74 Å². The van der Waals surface area contributed by atoms with Crippen molar-refractivity contribution in [3.05, 3.63) is 42.1 Å². The Morgan fingerprint density at radius 3 is 2.52 bits per heavy atom. The van der Waals surface area contributed by atoms with Gasteiger partial charge in [0.25, 0.3) is 0 Å². The number of ether oxygens (including phenoxy) is 1. The van der Waals surface area contributed by atoms with Crippen molar-refractivity contribution >= 4 is 23.5 Å². The van der Waals surface area contributed by atoms with Crippen LogP contribution in [0.4, 0.5) is 22.2 Å². The summed E-state index contributed by atoms with van der Waals surface area (Å²) in [5, 5.41) is 6.14. The van der Waals surface area contributed by atoms with Gasteiger partial charge in [-0.3, -0.25) is 0 Å². The SMILES string of the molecule is COC[C@H](C)Nc1nccc(N(C(=O)NCC(C)C)c2ccc(C)cc2)n1. The summed E-state index contributed by atoms with van der Waals surface area (Å²) in [6.07, 6.45) is 1.64. The average molecular weight is 371 g/mol. The van der Waals surface area contributed by atoms with Gasteiger partial charge in [0.1, 0.15) is 5.82 Å². The zero-order valence-electron chi connectivity index (χ0n) is 16.7. The number of methoxy groups -OCH3 is 1. The minimum absolute atomic E-state index is 0.0489. The summed E-state index contributed by atoms with van der Waals surface area (Å²) in [4.78, 5) is 23.2. The molecular weight excluding hydrogens is 342 g/mol. The van der Waals surface area contributed by atoms with Crippen LogP contribution < -0.4 is 15.5 Å². The van der Waals surface area contributed by atoms with Crippen molar-refractivity contribution in [2.75, 3.05) is 30.5 Å². The van der Waals surface area contributed by atoms with E-state index < -0.39 is 0 Å². The first-order chi connectivity index (χ1) is 12.9. The predicted molar refractivity (Wildman–Crippen MR) is 109 cm³/mol. The molecule has 0 aliphatic carbocycles. The van der Waals surface area contributed by atoms with E-state index in [0.29, 0.717) is 30.8 Å². The molecule has 2 rings (SSSR count). The first kappa shape index (κ1) is 20.6. The quantitative estimate of drug-likeness (QED) is 0.739. The Balaban J connectivity index is 2.32. The summed E-state index contributed by atoms with van der Waals surface area (Å²) >= 11 is 0. The van der Waals surface area contributed by atoms with Crippen molar-refractivity contribution in [1.29, 1.82) is 0 Å². The second-order valence-electron chi connectivity index (χ2n) is 6.99. The molecule has 146 valence electrons. The number of hydrogen-bond acceptors (Lipinski definition) is 5. The molecule has 0 saturated carbocycles. The Morgan fingerprint density at radius 2 is 1.89 bits per heavy atom. The number of aryl methyl sites for hydroxylation is 1. The summed E-state index contributed by atoms with van der Waals surface area (Å²) in [6.45, 7) is 9.22. The van der Waals surface area contributed by atoms with Crippen molar-refractivity contribution in [2.45, 2.75) is 33.7 Å². The zero-order chi connectivity index (χ0) is 19.8. The summed E-state index contributed by atoms with van der Waals surface area (Å²) in [5.41, 5.74) is 1.87. The number of rotatable bonds is 8. The topological polar surface area (TPSA) is 79.4 Å². The highest BCUT2D eigenvalue weighted by Gasteiger charge is 2.20. The van der Waals surface area contributed by atoms with Gasteiger partial charge in [0, 0.05) is 32.0 Å². The van der Waals surface area contributed by atoms with Gasteiger partial charge in [-0.25, -0.2) is 14.7 Å². The third-order valence-electron chi connectivity index (χ3n) is 3.82. The van der Waals surface area contributed by atoms with E-state index in [1.807, 2.05) is 38.1 Å². The molecule has 2 amide bonds. The van der Waals surface area contributed by atoms with E-state index in [1.54, 1.807) is 24.3 Å². The maximum atomic E-state index is 12.9. The van der Waals surface area contributed by atoms with Crippen LogP contribution >= 0.6 is 0 Å². The van der Waals surface area contributed by atoms with Crippen LogP contribution in [-0.4, -0.2) is 42.3 Å². The molecule has 0 bridgehead atoms. The summed E-state index contributed by atoms with van der Waals surface area (Å²) < 4.78 is 5.13. The number of benzene rings is 1. The minimum atomic E-state index is -0.220. The first-order valence-electron chi connectivity index (χ1n) is 9.14. The molecule has 2 N–H and O–H groups in total. The van der Waals surface area contributed by atoms with Crippen molar-refractivity contribution in [2.24, 2.45) is 5.92 Å². The van der Waals surface area contributed by atoms with Crippen LogP contribution in [-0.2, 0) is 4.74 Å². The van der Waals surface area contributed by atoms with E-state index in [0.717, 1.165) is 11.3 Å². The Morgan fingerprint density at radius 1 is 1.19 bits per heavy atom. The van der Waals surface area contributed by atoms with Gasteiger partial charge in [0.15, 0.2) is 0 Å².